The minimum absolute atomic E-state index is 0.142. The van der Waals surface area contributed by atoms with Gasteiger partial charge in [-0.3, -0.25) is 24.6 Å². The lowest BCUT2D eigenvalue weighted by Crippen LogP contribution is -2.52. The standard InChI is InChI=1S/C37H43N11O5S/c1-23-20-38-36(42-33(23)39-26-6-5-7-27(19-26)54(52,53)45-37(2,3)4)40-30-11-12-31(44-43-30)47-16-14-46(15-17-47)21-24-8-9-28-25(18-24)22-48(35(28)51)29-10-13-32(49)41-34(29)50/h5-9,11-12,18-20,29,45H,10,13-17,21-22H2,1-4H3,(H,41,49,50)(H2,38,39,40,42,43). The molecule has 2 saturated heterocycles. The van der Waals surface area contributed by atoms with E-state index in [9.17, 15) is 22.8 Å². The molecule has 3 aliphatic rings. The number of nitrogens with zero attached hydrogens (tertiary/aromatic N) is 7. The summed E-state index contributed by atoms with van der Waals surface area (Å²) in [5, 5.41) is 17.5. The minimum Gasteiger partial charge on any atom is -0.353 e. The van der Waals surface area contributed by atoms with E-state index in [0.29, 0.717) is 41.8 Å². The van der Waals surface area contributed by atoms with Crippen LogP contribution in [0.1, 0.15) is 60.7 Å². The molecule has 2 aromatic heterocycles. The lowest BCUT2D eigenvalue weighted by Gasteiger charge is -2.35. The Labute approximate surface area is 313 Å². The van der Waals surface area contributed by atoms with Gasteiger partial charge in [-0.2, -0.15) is 4.98 Å². The van der Waals surface area contributed by atoms with Crippen LogP contribution in [0, 0.1) is 6.92 Å². The van der Waals surface area contributed by atoms with E-state index in [0.717, 1.165) is 55.2 Å². The predicted molar refractivity (Wildman–Crippen MR) is 202 cm³/mol. The van der Waals surface area contributed by atoms with Gasteiger partial charge in [0.15, 0.2) is 11.6 Å². The lowest BCUT2D eigenvalue weighted by molar-refractivity contribution is -0.136. The monoisotopic (exact) mass is 753 g/mol. The Hall–Kier alpha value is -5.52. The highest BCUT2D eigenvalue weighted by molar-refractivity contribution is 7.89. The van der Waals surface area contributed by atoms with Crippen molar-refractivity contribution < 1.29 is 22.8 Å². The normalized spacial score (nSPS) is 18.1. The van der Waals surface area contributed by atoms with Crippen LogP contribution in [0.15, 0.2) is 65.7 Å². The van der Waals surface area contributed by atoms with E-state index in [4.69, 9.17) is 0 Å². The third-order valence-corrected chi connectivity index (χ3v) is 11.2. The highest BCUT2D eigenvalue weighted by Crippen LogP contribution is 2.29. The molecule has 0 bridgehead atoms. The first-order valence-corrected chi connectivity index (χ1v) is 19.3. The average Bonchev–Trinajstić information content (AvgIpc) is 3.44. The van der Waals surface area contributed by atoms with Crippen molar-refractivity contribution in [3.05, 3.63) is 83.0 Å². The molecule has 4 aromatic rings. The number of benzene rings is 2. The molecule has 3 aliphatic heterocycles. The number of hydrogen-bond acceptors (Lipinski definition) is 13. The van der Waals surface area contributed by atoms with Crippen LogP contribution in [0.25, 0.3) is 0 Å². The van der Waals surface area contributed by atoms with Crippen molar-refractivity contribution in [3.8, 4) is 0 Å². The Morgan fingerprint density at radius 3 is 2.46 bits per heavy atom. The number of piperidine rings is 1. The fourth-order valence-electron chi connectivity index (χ4n) is 6.76. The largest absolute Gasteiger partial charge is 0.353 e. The number of carbonyl (C=O) groups is 3. The van der Waals surface area contributed by atoms with E-state index >= 15 is 0 Å². The number of aryl methyl sites for hydroxylation is 1. The average molecular weight is 754 g/mol. The molecule has 282 valence electrons. The van der Waals surface area contributed by atoms with E-state index in [1.165, 1.54) is 0 Å². The number of anilines is 5. The third-order valence-electron chi connectivity index (χ3n) is 9.40. The van der Waals surface area contributed by atoms with E-state index in [2.05, 4.69) is 56.7 Å². The molecule has 17 heteroatoms. The van der Waals surface area contributed by atoms with Crippen LogP contribution < -0.4 is 25.6 Å². The Morgan fingerprint density at radius 2 is 1.74 bits per heavy atom. The summed E-state index contributed by atoms with van der Waals surface area (Å²) in [6, 6.07) is 15.5. The van der Waals surface area contributed by atoms with E-state index in [1.54, 1.807) is 56.1 Å². The molecule has 0 radical (unpaired) electrons. The van der Waals surface area contributed by atoms with Gasteiger partial charge in [0, 0.05) is 74.2 Å². The maximum atomic E-state index is 13.1. The lowest BCUT2D eigenvalue weighted by atomic mass is 10.0. The van der Waals surface area contributed by atoms with Crippen LogP contribution in [0.3, 0.4) is 0 Å². The number of rotatable bonds is 10. The van der Waals surface area contributed by atoms with Crippen molar-refractivity contribution in [1.29, 1.82) is 0 Å². The number of piperazine rings is 1. The van der Waals surface area contributed by atoms with Crippen LogP contribution in [0.2, 0.25) is 0 Å². The van der Waals surface area contributed by atoms with Gasteiger partial charge in [0.25, 0.3) is 5.91 Å². The van der Waals surface area contributed by atoms with E-state index in [1.807, 2.05) is 31.2 Å². The van der Waals surface area contributed by atoms with Crippen LogP contribution in [0.5, 0.6) is 0 Å². The van der Waals surface area contributed by atoms with Gasteiger partial charge in [0.2, 0.25) is 27.8 Å². The first kappa shape index (κ1) is 36.8. The van der Waals surface area contributed by atoms with E-state index in [-0.39, 0.29) is 23.1 Å². The predicted octanol–water partition coefficient (Wildman–Crippen LogP) is 3.22. The number of fused-ring (bicyclic) bond motifs is 1. The van der Waals surface area contributed by atoms with Crippen LogP contribution >= 0.6 is 0 Å². The molecule has 1 atom stereocenters. The Morgan fingerprint density at radius 1 is 0.944 bits per heavy atom. The number of imide groups is 1. The van der Waals surface area contributed by atoms with Gasteiger partial charge >= 0.3 is 0 Å². The van der Waals surface area contributed by atoms with Crippen molar-refractivity contribution >= 4 is 56.8 Å². The topological polar surface area (TPSA) is 195 Å². The summed E-state index contributed by atoms with van der Waals surface area (Å²) in [6.07, 6.45) is 2.24. The van der Waals surface area contributed by atoms with Gasteiger partial charge in [0.05, 0.1) is 4.90 Å². The van der Waals surface area contributed by atoms with Gasteiger partial charge < -0.3 is 20.4 Å². The Bertz CT molecular complexity index is 2200. The second kappa shape index (κ2) is 14.7. The molecule has 2 aromatic carbocycles. The van der Waals surface area contributed by atoms with E-state index < -0.39 is 27.5 Å². The molecule has 16 nitrogen and oxygen atoms in total. The molecule has 2 fully saturated rings. The highest BCUT2D eigenvalue weighted by atomic mass is 32.2. The summed E-state index contributed by atoms with van der Waals surface area (Å²) in [5.41, 5.74) is 3.32. The molecule has 3 amide bonds. The quantitative estimate of drug-likeness (QED) is 0.173. The fourth-order valence-corrected chi connectivity index (χ4v) is 8.23. The van der Waals surface area contributed by atoms with Crippen LogP contribution in [-0.4, -0.2) is 93.9 Å². The number of aromatic nitrogens is 4. The summed E-state index contributed by atoms with van der Waals surface area (Å²) in [6.45, 7) is 11.5. The van der Waals surface area contributed by atoms with Gasteiger partial charge in [-0.25, -0.2) is 18.1 Å². The summed E-state index contributed by atoms with van der Waals surface area (Å²) < 4.78 is 28.4. The molecule has 0 saturated carbocycles. The molecule has 0 spiro atoms. The number of sulfonamides is 1. The fraction of sp³-hybridized carbons (Fsp3) is 0.378. The molecule has 1 unspecified atom stereocenters. The van der Waals surface area contributed by atoms with Crippen molar-refractivity contribution in [2.24, 2.45) is 0 Å². The minimum atomic E-state index is -3.71. The van der Waals surface area contributed by atoms with Crippen LogP contribution in [-0.2, 0) is 32.7 Å². The summed E-state index contributed by atoms with van der Waals surface area (Å²) >= 11 is 0. The number of carbonyl (C=O) groups excluding carboxylic acids is 3. The smallest absolute Gasteiger partial charge is 0.255 e. The van der Waals surface area contributed by atoms with Crippen molar-refractivity contribution in [3.63, 3.8) is 0 Å². The maximum absolute atomic E-state index is 13.1. The number of hydrogen-bond donors (Lipinski definition) is 4. The molecule has 0 aliphatic carbocycles. The zero-order valence-electron chi connectivity index (χ0n) is 30.6. The number of nitrogens with one attached hydrogen (secondary N) is 4. The first-order chi connectivity index (χ1) is 25.7. The number of amides is 3. The molecular formula is C37H43N11O5S. The molecule has 54 heavy (non-hydrogen) atoms. The highest BCUT2D eigenvalue weighted by Gasteiger charge is 2.39. The van der Waals surface area contributed by atoms with Gasteiger partial charge in [-0.05, 0) is 81.6 Å². The summed E-state index contributed by atoms with van der Waals surface area (Å²) in [4.78, 5) is 52.3. The van der Waals surface area contributed by atoms with Gasteiger partial charge in [-0.1, -0.05) is 18.2 Å². The third kappa shape index (κ3) is 8.32. The van der Waals surface area contributed by atoms with Crippen molar-refractivity contribution in [1.82, 2.24) is 40.0 Å². The summed E-state index contributed by atoms with van der Waals surface area (Å²) in [5.74, 6) is 1.17. The van der Waals surface area contributed by atoms with Gasteiger partial charge in [0.1, 0.15) is 11.9 Å². The van der Waals surface area contributed by atoms with Crippen molar-refractivity contribution in [2.45, 2.75) is 70.1 Å². The Kier molecular flexibility index (Phi) is 10.0. The maximum Gasteiger partial charge on any atom is 0.255 e. The first-order valence-electron chi connectivity index (χ1n) is 17.8. The zero-order chi connectivity index (χ0) is 38.2. The van der Waals surface area contributed by atoms with Gasteiger partial charge in [-0.15, -0.1) is 10.2 Å². The molecule has 7 rings (SSSR count). The SMILES string of the molecule is Cc1cnc(Nc2ccc(N3CCN(Cc4ccc5c(c4)CN(C4CCC(=O)NC4=O)C5=O)CC3)nn2)nc1Nc1cccc(S(=O)(=O)NC(C)(C)C)c1. The second-order valence-electron chi connectivity index (χ2n) is 14.8. The van der Waals surface area contributed by atoms with Crippen molar-refractivity contribution in [2.75, 3.05) is 41.7 Å². The molecule has 4 N–H and O–H groups in total. The Balaban J connectivity index is 0.922. The molecule has 5 heterocycles. The zero-order valence-corrected chi connectivity index (χ0v) is 31.4. The second-order valence-corrected chi connectivity index (χ2v) is 16.5. The summed E-state index contributed by atoms with van der Waals surface area (Å²) in [7, 11) is -3.71. The molecular weight excluding hydrogens is 711 g/mol. The van der Waals surface area contributed by atoms with Crippen LogP contribution in [0.4, 0.5) is 29.1 Å².